The van der Waals surface area contributed by atoms with Crippen molar-refractivity contribution in [2.75, 3.05) is 0 Å². The van der Waals surface area contributed by atoms with Crippen LogP contribution in [0.15, 0.2) is 12.7 Å². The Labute approximate surface area is 72.7 Å². The van der Waals surface area contributed by atoms with Crippen molar-refractivity contribution in [1.82, 2.24) is 0 Å². The van der Waals surface area contributed by atoms with E-state index in [1.807, 2.05) is 6.08 Å². The van der Waals surface area contributed by atoms with Crippen molar-refractivity contribution >= 4 is 0 Å². The largest absolute Gasteiger partial charge is 0.103 e. The first-order valence-corrected chi connectivity index (χ1v) is 4.94. The van der Waals surface area contributed by atoms with Gasteiger partial charge in [0.1, 0.15) is 0 Å². The normalized spacial score (nSPS) is 8.27. The van der Waals surface area contributed by atoms with E-state index in [-0.39, 0.29) is 0 Å². The van der Waals surface area contributed by atoms with E-state index in [1.165, 1.54) is 32.1 Å². The molecule has 0 aromatic carbocycles. The molecule has 0 rings (SSSR count). The van der Waals surface area contributed by atoms with Crippen LogP contribution in [-0.4, -0.2) is 0 Å². The summed E-state index contributed by atoms with van der Waals surface area (Å²) in [6.07, 6.45) is 9.85. The zero-order chi connectivity index (χ0) is 8.95. The number of unbranched alkanes of at least 4 members (excludes halogenated alkanes) is 4. The molecule has 0 saturated carbocycles. The zero-order valence-electron chi connectivity index (χ0n) is 8.53. The lowest BCUT2D eigenvalue weighted by Gasteiger charge is -1.86. The van der Waals surface area contributed by atoms with E-state index in [1.54, 1.807) is 0 Å². The molecule has 0 unspecified atom stereocenters. The van der Waals surface area contributed by atoms with Crippen LogP contribution in [0.2, 0.25) is 0 Å². The van der Waals surface area contributed by atoms with Gasteiger partial charge in [-0.2, -0.15) is 0 Å². The Morgan fingerprint density at radius 3 is 1.45 bits per heavy atom. The van der Waals surface area contributed by atoms with Gasteiger partial charge in [0.2, 0.25) is 0 Å². The molecule has 0 nitrogen and oxygen atoms in total. The topological polar surface area (TPSA) is 0 Å². The van der Waals surface area contributed by atoms with Crippen molar-refractivity contribution < 1.29 is 0 Å². The van der Waals surface area contributed by atoms with Gasteiger partial charge >= 0.3 is 0 Å². The highest BCUT2D eigenvalue weighted by Gasteiger charge is 1.75. The molecule has 0 aromatic rings. The van der Waals surface area contributed by atoms with Gasteiger partial charge in [0.15, 0.2) is 0 Å². The van der Waals surface area contributed by atoms with Crippen LogP contribution in [0.1, 0.15) is 59.3 Å². The van der Waals surface area contributed by atoms with E-state index in [2.05, 4.69) is 27.4 Å². The summed E-state index contributed by atoms with van der Waals surface area (Å²) in [5, 5.41) is 0. The third-order valence-corrected chi connectivity index (χ3v) is 1.45. The van der Waals surface area contributed by atoms with Crippen molar-refractivity contribution in [1.29, 1.82) is 0 Å². The fraction of sp³-hybridized carbons (Fsp3) is 0.818. The summed E-state index contributed by atoms with van der Waals surface area (Å²) < 4.78 is 0. The summed E-state index contributed by atoms with van der Waals surface area (Å²) in [6.45, 7) is 10.2. The van der Waals surface area contributed by atoms with Gasteiger partial charge < -0.3 is 0 Å². The number of hydrogen-bond acceptors (Lipinski definition) is 0. The molecule has 11 heavy (non-hydrogen) atoms. The van der Waals surface area contributed by atoms with Crippen LogP contribution >= 0.6 is 0 Å². The summed E-state index contributed by atoms with van der Waals surface area (Å²) in [4.78, 5) is 0. The molecule has 0 spiro atoms. The second kappa shape index (κ2) is 16.4. The zero-order valence-corrected chi connectivity index (χ0v) is 8.53. The molecule has 0 fully saturated rings. The Balaban J connectivity index is 0. The maximum Gasteiger partial charge on any atom is -0.0356 e. The molecule has 0 aliphatic carbocycles. The van der Waals surface area contributed by atoms with Crippen molar-refractivity contribution in [3.8, 4) is 0 Å². The molecule has 0 saturated heterocycles. The molecule has 0 heterocycles. The quantitative estimate of drug-likeness (QED) is 0.404. The van der Waals surface area contributed by atoms with Crippen molar-refractivity contribution in [3.63, 3.8) is 0 Å². The van der Waals surface area contributed by atoms with E-state index >= 15 is 0 Å². The molecule has 0 bridgehead atoms. The van der Waals surface area contributed by atoms with Gasteiger partial charge in [0.05, 0.1) is 0 Å². The smallest absolute Gasteiger partial charge is 0.0356 e. The molecule has 0 amide bonds. The van der Waals surface area contributed by atoms with Crippen LogP contribution in [0.25, 0.3) is 0 Å². The molecule has 0 aliphatic heterocycles. The van der Waals surface area contributed by atoms with E-state index in [4.69, 9.17) is 0 Å². The van der Waals surface area contributed by atoms with Crippen LogP contribution in [0.3, 0.4) is 0 Å². The van der Waals surface area contributed by atoms with Gasteiger partial charge in [-0.15, -0.1) is 6.58 Å². The standard InChI is InChI=1S/C6H14.C5H10/c1-3-5-6-4-2;1-3-5-4-2/h3-6H2,1-2H3;3H,1,4-5H2,2H3. The van der Waals surface area contributed by atoms with Gasteiger partial charge in [-0.1, -0.05) is 59.0 Å². The summed E-state index contributed by atoms with van der Waals surface area (Å²) in [6, 6.07) is 0. The summed E-state index contributed by atoms with van der Waals surface area (Å²) in [7, 11) is 0. The van der Waals surface area contributed by atoms with Gasteiger partial charge in [0, 0.05) is 0 Å². The van der Waals surface area contributed by atoms with E-state index in [9.17, 15) is 0 Å². The third-order valence-electron chi connectivity index (χ3n) is 1.45. The number of allylic oxidation sites excluding steroid dienone is 1. The highest BCUT2D eigenvalue weighted by atomic mass is 13.8. The Morgan fingerprint density at radius 2 is 1.36 bits per heavy atom. The SMILES string of the molecule is C=CCCC.CCCCCC. The van der Waals surface area contributed by atoms with Gasteiger partial charge in [-0.05, 0) is 6.42 Å². The molecule has 0 atom stereocenters. The van der Waals surface area contributed by atoms with Crippen molar-refractivity contribution in [2.45, 2.75) is 59.3 Å². The lowest BCUT2D eigenvalue weighted by molar-refractivity contribution is 0.702. The lowest BCUT2D eigenvalue weighted by atomic mass is 10.2. The highest BCUT2D eigenvalue weighted by molar-refractivity contribution is 4.63. The van der Waals surface area contributed by atoms with Crippen molar-refractivity contribution in [3.05, 3.63) is 12.7 Å². The molecule has 0 radical (unpaired) electrons. The van der Waals surface area contributed by atoms with Crippen LogP contribution < -0.4 is 0 Å². The van der Waals surface area contributed by atoms with E-state index < -0.39 is 0 Å². The highest BCUT2D eigenvalue weighted by Crippen LogP contribution is 1.95. The van der Waals surface area contributed by atoms with Crippen LogP contribution in [0.5, 0.6) is 0 Å². The average Bonchev–Trinajstić information content (AvgIpc) is 2.04. The minimum atomic E-state index is 1.15. The van der Waals surface area contributed by atoms with Crippen LogP contribution in [0.4, 0.5) is 0 Å². The Morgan fingerprint density at radius 1 is 0.909 bits per heavy atom. The maximum atomic E-state index is 3.55. The predicted molar refractivity (Wildman–Crippen MR) is 54.9 cm³/mol. The summed E-state index contributed by atoms with van der Waals surface area (Å²) in [5.74, 6) is 0. The summed E-state index contributed by atoms with van der Waals surface area (Å²) >= 11 is 0. The van der Waals surface area contributed by atoms with E-state index in [0.717, 1.165) is 6.42 Å². The third kappa shape index (κ3) is 26.0. The fourth-order valence-electron chi connectivity index (χ4n) is 0.704. The second-order valence-electron chi connectivity index (χ2n) is 2.78. The average molecular weight is 156 g/mol. The molecule has 0 N–H and O–H groups in total. The summed E-state index contributed by atoms with van der Waals surface area (Å²) in [5.41, 5.74) is 0. The molecule has 0 aliphatic rings. The second-order valence-corrected chi connectivity index (χ2v) is 2.78. The maximum absolute atomic E-state index is 3.55. The molecule has 0 aromatic heterocycles. The van der Waals surface area contributed by atoms with Crippen molar-refractivity contribution in [2.24, 2.45) is 0 Å². The van der Waals surface area contributed by atoms with Crippen LogP contribution in [0, 0.1) is 0 Å². The first kappa shape index (κ1) is 13.3. The molecular formula is C11H24. The van der Waals surface area contributed by atoms with E-state index in [0.29, 0.717) is 0 Å². The molecular weight excluding hydrogens is 132 g/mol. The Kier molecular flexibility index (Phi) is 19.9. The molecule has 0 heteroatoms. The predicted octanol–water partition coefficient (Wildman–Crippen LogP) is 4.56. The first-order valence-electron chi connectivity index (χ1n) is 4.94. The number of hydrogen-bond donors (Lipinski definition) is 0. The minimum absolute atomic E-state index is 1.15. The Bertz CT molecular complexity index is 51.1. The van der Waals surface area contributed by atoms with Gasteiger partial charge in [-0.25, -0.2) is 0 Å². The monoisotopic (exact) mass is 156 g/mol. The van der Waals surface area contributed by atoms with Gasteiger partial charge in [-0.3, -0.25) is 0 Å². The van der Waals surface area contributed by atoms with Gasteiger partial charge in [0.25, 0.3) is 0 Å². The fourth-order valence-corrected chi connectivity index (χ4v) is 0.704. The minimum Gasteiger partial charge on any atom is -0.103 e. The number of rotatable bonds is 5. The van der Waals surface area contributed by atoms with Crippen LogP contribution in [-0.2, 0) is 0 Å². The molecule has 68 valence electrons. The lowest BCUT2D eigenvalue weighted by Crippen LogP contribution is -1.66. The first-order chi connectivity index (χ1) is 5.33. The Hall–Kier alpha value is -0.260.